The van der Waals surface area contributed by atoms with Crippen molar-refractivity contribution in [1.29, 1.82) is 0 Å². The maximum atomic E-state index is 13.3. The minimum absolute atomic E-state index is 0.113. The summed E-state index contributed by atoms with van der Waals surface area (Å²) in [7, 11) is 1.60. The molecule has 4 rings (SSSR count). The fourth-order valence-electron chi connectivity index (χ4n) is 4.71. The van der Waals surface area contributed by atoms with Gasteiger partial charge in [-0.05, 0) is 52.3 Å². The Morgan fingerprint density at radius 3 is 2.39 bits per heavy atom. The van der Waals surface area contributed by atoms with E-state index in [1.807, 2.05) is 56.9 Å². The Labute approximate surface area is 210 Å². The zero-order valence-electron chi connectivity index (χ0n) is 21.5. The number of anilines is 1. The van der Waals surface area contributed by atoms with Crippen LogP contribution in [-0.2, 0) is 0 Å². The number of nitrogens with one attached hydrogen (secondary N) is 1. The number of ether oxygens (including phenoxy) is 1. The van der Waals surface area contributed by atoms with E-state index in [-0.39, 0.29) is 29.2 Å². The van der Waals surface area contributed by atoms with Gasteiger partial charge in [0.05, 0.1) is 12.8 Å². The first-order valence-electron chi connectivity index (χ1n) is 12.3. The Hall–Kier alpha value is -3.82. The molecular weight excluding hydrogens is 460 g/mol. The number of rotatable bonds is 6. The topological polar surface area (TPSA) is 105 Å². The highest BCUT2D eigenvalue weighted by Gasteiger charge is 2.25. The van der Waals surface area contributed by atoms with Crippen molar-refractivity contribution < 1.29 is 9.53 Å². The van der Waals surface area contributed by atoms with Gasteiger partial charge in [-0.1, -0.05) is 12.1 Å². The van der Waals surface area contributed by atoms with Gasteiger partial charge in [-0.25, -0.2) is 4.79 Å². The average molecular weight is 495 g/mol. The van der Waals surface area contributed by atoms with E-state index >= 15 is 0 Å². The fourth-order valence-corrected chi connectivity index (χ4v) is 4.71. The monoisotopic (exact) mass is 494 g/mol. The van der Waals surface area contributed by atoms with Crippen molar-refractivity contribution in [3.8, 4) is 17.0 Å². The Morgan fingerprint density at radius 1 is 0.972 bits per heavy atom. The van der Waals surface area contributed by atoms with Crippen LogP contribution in [0, 0.1) is 0 Å². The molecule has 1 amide bonds. The summed E-state index contributed by atoms with van der Waals surface area (Å²) in [5.74, 6) is 1.15. The van der Waals surface area contributed by atoms with Crippen molar-refractivity contribution in [2.45, 2.75) is 46.2 Å². The van der Waals surface area contributed by atoms with Crippen LogP contribution in [0.25, 0.3) is 11.3 Å². The molecule has 0 saturated carbocycles. The molecule has 2 aromatic heterocycles. The van der Waals surface area contributed by atoms with Crippen molar-refractivity contribution in [2.75, 3.05) is 38.2 Å². The second-order valence-electron chi connectivity index (χ2n) is 9.55. The second-order valence-corrected chi connectivity index (χ2v) is 9.55. The number of amides is 1. The van der Waals surface area contributed by atoms with Crippen molar-refractivity contribution >= 4 is 11.7 Å². The molecule has 0 aliphatic carbocycles. The molecule has 1 aliphatic rings. The summed E-state index contributed by atoms with van der Waals surface area (Å²) in [6.45, 7) is 9.70. The Bertz CT molecular complexity index is 1350. The normalized spacial score (nSPS) is 14.4. The van der Waals surface area contributed by atoms with Crippen LogP contribution < -0.4 is 20.9 Å². The van der Waals surface area contributed by atoms with Crippen LogP contribution in [0.3, 0.4) is 0 Å². The van der Waals surface area contributed by atoms with Crippen molar-refractivity contribution in [1.82, 2.24) is 24.2 Å². The summed E-state index contributed by atoms with van der Waals surface area (Å²) >= 11 is 0. The summed E-state index contributed by atoms with van der Waals surface area (Å²) in [5.41, 5.74) is 1.24. The maximum absolute atomic E-state index is 13.3. The van der Waals surface area contributed by atoms with Gasteiger partial charge in [0.15, 0.2) is 0 Å². The van der Waals surface area contributed by atoms with E-state index in [9.17, 15) is 14.4 Å². The molecule has 0 spiro atoms. The van der Waals surface area contributed by atoms with Gasteiger partial charge in [-0.2, -0.15) is 5.10 Å². The van der Waals surface area contributed by atoms with Crippen LogP contribution in [0.5, 0.6) is 5.75 Å². The van der Waals surface area contributed by atoms with Crippen molar-refractivity contribution in [2.24, 2.45) is 0 Å². The number of aromatic nitrogens is 4. The number of para-hydroxylation sites is 1. The third kappa shape index (κ3) is 4.80. The lowest BCUT2D eigenvalue weighted by atomic mass is 10.1. The molecule has 1 N–H and O–H groups in total. The van der Waals surface area contributed by atoms with Gasteiger partial charge in [-0.3, -0.25) is 23.8 Å². The summed E-state index contributed by atoms with van der Waals surface area (Å²) in [6, 6.07) is 10.5. The minimum atomic E-state index is -0.305. The van der Waals surface area contributed by atoms with Crippen LogP contribution in [-0.4, -0.2) is 63.4 Å². The fraction of sp³-hybridized carbons (Fsp3) is 0.462. The number of hydrogen-bond donors (Lipinski definition) is 1. The van der Waals surface area contributed by atoms with E-state index in [4.69, 9.17) is 4.74 Å². The standard InChI is InChI=1S/C26H34N6O4/c1-17(2)31-23(16-24(33)32(18(3)4)26(31)35)29-11-8-12-30(14-13-29)25(34)21-15-20(27-28-21)19-9-6-7-10-22(19)36-5/h6-7,9-10,15-18H,8,11-14H2,1-5H3,(H,27,28). The van der Waals surface area contributed by atoms with Gasteiger partial charge in [0, 0.05) is 49.9 Å². The molecule has 0 bridgehead atoms. The van der Waals surface area contributed by atoms with E-state index < -0.39 is 0 Å². The third-order valence-electron chi connectivity index (χ3n) is 6.48. The second kappa shape index (κ2) is 10.4. The van der Waals surface area contributed by atoms with Gasteiger partial charge in [-0.15, -0.1) is 0 Å². The molecule has 1 aromatic carbocycles. The quantitative estimate of drug-likeness (QED) is 0.565. The molecule has 1 fully saturated rings. The molecule has 0 radical (unpaired) electrons. The number of carbonyl (C=O) groups excluding carboxylic acids is 1. The Kier molecular flexibility index (Phi) is 7.32. The first-order valence-corrected chi connectivity index (χ1v) is 12.3. The maximum Gasteiger partial charge on any atom is 0.333 e. The average Bonchev–Trinajstić information content (AvgIpc) is 3.20. The summed E-state index contributed by atoms with van der Waals surface area (Å²) in [5, 5.41) is 7.20. The van der Waals surface area contributed by atoms with Crippen molar-refractivity contribution in [3.63, 3.8) is 0 Å². The molecular formula is C26H34N6O4. The van der Waals surface area contributed by atoms with Crippen LogP contribution >= 0.6 is 0 Å². The zero-order chi connectivity index (χ0) is 26.0. The first kappa shape index (κ1) is 25.3. The molecule has 0 atom stereocenters. The molecule has 3 heterocycles. The molecule has 192 valence electrons. The lowest BCUT2D eigenvalue weighted by molar-refractivity contribution is 0.0761. The SMILES string of the molecule is COc1ccccc1-c1cc(C(=O)N2CCCN(c3cc(=O)n(C(C)C)c(=O)n3C(C)C)CC2)[nH]n1. The van der Waals surface area contributed by atoms with Crippen molar-refractivity contribution in [3.05, 3.63) is 62.9 Å². The van der Waals surface area contributed by atoms with E-state index in [2.05, 4.69) is 10.2 Å². The third-order valence-corrected chi connectivity index (χ3v) is 6.48. The van der Waals surface area contributed by atoms with Gasteiger partial charge in [0.25, 0.3) is 11.5 Å². The number of hydrogen-bond acceptors (Lipinski definition) is 6. The number of nitrogens with zero attached hydrogens (tertiary/aromatic N) is 5. The number of H-pyrrole nitrogens is 1. The van der Waals surface area contributed by atoms with Gasteiger partial charge in [0.2, 0.25) is 0 Å². The lowest BCUT2D eigenvalue weighted by Crippen LogP contribution is -2.45. The highest BCUT2D eigenvalue weighted by molar-refractivity contribution is 5.93. The first-order chi connectivity index (χ1) is 17.2. The van der Waals surface area contributed by atoms with Crippen LogP contribution in [0.15, 0.2) is 46.0 Å². The smallest absolute Gasteiger partial charge is 0.333 e. The predicted molar refractivity (Wildman–Crippen MR) is 139 cm³/mol. The molecule has 10 nitrogen and oxygen atoms in total. The molecule has 3 aromatic rings. The molecule has 10 heteroatoms. The van der Waals surface area contributed by atoms with Crippen LogP contribution in [0.4, 0.5) is 5.82 Å². The number of benzene rings is 1. The molecule has 1 aliphatic heterocycles. The van der Waals surface area contributed by atoms with Crippen LogP contribution in [0.1, 0.15) is 56.7 Å². The van der Waals surface area contributed by atoms with Gasteiger partial charge < -0.3 is 14.5 Å². The number of methoxy groups -OCH3 is 1. The predicted octanol–water partition coefficient (Wildman–Crippen LogP) is 2.92. The van der Waals surface area contributed by atoms with E-state index in [0.29, 0.717) is 55.6 Å². The van der Waals surface area contributed by atoms with Gasteiger partial charge >= 0.3 is 5.69 Å². The zero-order valence-corrected chi connectivity index (χ0v) is 21.5. The van der Waals surface area contributed by atoms with Gasteiger partial charge in [0.1, 0.15) is 17.3 Å². The molecule has 0 unspecified atom stereocenters. The Morgan fingerprint density at radius 2 is 1.69 bits per heavy atom. The largest absolute Gasteiger partial charge is 0.496 e. The molecule has 1 saturated heterocycles. The number of carbonyl (C=O) groups is 1. The van der Waals surface area contributed by atoms with E-state index in [1.54, 1.807) is 28.7 Å². The molecule has 36 heavy (non-hydrogen) atoms. The minimum Gasteiger partial charge on any atom is -0.496 e. The highest BCUT2D eigenvalue weighted by atomic mass is 16.5. The summed E-state index contributed by atoms with van der Waals surface area (Å²) < 4.78 is 8.38. The Balaban J connectivity index is 1.56. The number of aromatic amines is 1. The van der Waals surface area contributed by atoms with Crippen LogP contribution in [0.2, 0.25) is 0 Å². The lowest BCUT2D eigenvalue weighted by Gasteiger charge is -2.28. The highest BCUT2D eigenvalue weighted by Crippen LogP contribution is 2.28. The van der Waals surface area contributed by atoms with E-state index in [0.717, 1.165) is 5.56 Å². The van der Waals surface area contributed by atoms with E-state index in [1.165, 1.54) is 4.57 Å². The summed E-state index contributed by atoms with van der Waals surface area (Å²) in [6.07, 6.45) is 0.707. The summed E-state index contributed by atoms with van der Waals surface area (Å²) in [4.78, 5) is 43.0.